The second-order valence-electron chi connectivity index (χ2n) is 4.98. The maximum atomic E-state index is 9.58. The van der Waals surface area contributed by atoms with Gasteiger partial charge in [0.05, 0.1) is 20.3 Å². The number of rotatable bonds is 4. The molecular formula is C15H21N3O2. The molecule has 0 aliphatic carbocycles. The van der Waals surface area contributed by atoms with Gasteiger partial charge in [-0.2, -0.15) is 5.26 Å². The SMILES string of the molecule is COc1ccc(OC)c(C(C#N)N2CCN(C)CC2)c1. The topological polar surface area (TPSA) is 48.7 Å². The molecule has 0 bridgehead atoms. The second kappa shape index (κ2) is 6.60. The first kappa shape index (κ1) is 14.6. The van der Waals surface area contributed by atoms with Crippen molar-refractivity contribution in [3.63, 3.8) is 0 Å². The van der Waals surface area contributed by atoms with Crippen molar-refractivity contribution >= 4 is 0 Å². The summed E-state index contributed by atoms with van der Waals surface area (Å²) in [7, 11) is 5.36. The molecule has 1 heterocycles. The Balaban J connectivity index is 2.29. The van der Waals surface area contributed by atoms with Crippen LogP contribution in [0.15, 0.2) is 18.2 Å². The van der Waals surface area contributed by atoms with E-state index in [9.17, 15) is 5.26 Å². The van der Waals surface area contributed by atoms with Gasteiger partial charge in [-0.25, -0.2) is 0 Å². The molecule has 0 aromatic heterocycles. The summed E-state index contributed by atoms with van der Waals surface area (Å²) < 4.78 is 10.7. The van der Waals surface area contributed by atoms with Gasteiger partial charge in [0.1, 0.15) is 17.5 Å². The number of nitrogens with zero attached hydrogens (tertiary/aromatic N) is 3. The molecule has 0 amide bonds. The predicted octanol–water partition coefficient (Wildman–Crippen LogP) is 1.52. The highest BCUT2D eigenvalue weighted by molar-refractivity contribution is 5.44. The molecule has 1 aliphatic rings. The predicted molar refractivity (Wildman–Crippen MR) is 77.0 cm³/mol. The van der Waals surface area contributed by atoms with Crippen LogP contribution in [0, 0.1) is 11.3 Å². The molecule has 0 radical (unpaired) electrons. The van der Waals surface area contributed by atoms with Crippen LogP contribution in [-0.2, 0) is 0 Å². The van der Waals surface area contributed by atoms with Gasteiger partial charge < -0.3 is 14.4 Å². The summed E-state index contributed by atoms with van der Waals surface area (Å²) in [6, 6.07) is 7.70. The molecule has 5 heteroatoms. The van der Waals surface area contributed by atoms with Crippen LogP contribution in [0.3, 0.4) is 0 Å². The number of likely N-dealkylation sites (N-methyl/N-ethyl adjacent to an activating group) is 1. The number of ether oxygens (including phenoxy) is 2. The van der Waals surface area contributed by atoms with Gasteiger partial charge in [-0.3, -0.25) is 4.90 Å². The first-order chi connectivity index (χ1) is 9.69. The van der Waals surface area contributed by atoms with Crippen LogP contribution < -0.4 is 9.47 Å². The molecular weight excluding hydrogens is 254 g/mol. The van der Waals surface area contributed by atoms with Crippen LogP contribution in [0.4, 0.5) is 0 Å². The largest absolute Gasteiger partial charge is 0.497 e. The van der Waals surface area contributed by atoms with Gasteiger partial charge >= 0.3 is 0 Å². The minimum absolute atomic E-state index is 0.297. The number of benzene rings is 1. The Morgan fingerprint density at radius 3 is 2.40 bits per heavy atom. The Labute approximate surface area is 120 Å². The average molecular weight is 275 g/mol. The van der Waals surface area contributed by atoms with Crippen molar-refractivity contribution in [1.82, 2.24) is 9.80 Å². The van der Waals surface area contributed by atoms with Crippen molar-refractivity contribution in [1.29, 1.82) is 5.26 Å². The first-order valence-corrected chi connectivity index (χ1v) is 6.73. The standard InChI is InChI=1S/C15H21N3O2/c1-17-6-8-18(9-7-17)14(11-16)13-10-12(19-2)4-5-15(13)20-3/h4-5,10,14H,6-9H2,1-3H3. The van der Waals surface area contributed by atoms with Crippen LogP contribution in [0.2, 0.25) is 0 Å². The number of nitriles is 1. The lowest BCUT2D eigenvalue weighted by molar-refractivity contribution is 0.131. The third kappa shape index (κ3) is 3.03. The van der Waals surface area contributed by atoms with E-state index >= 15 is 0 Å². The lowest BCUT2D eigenvalue weighted by Crippen LogP contribution is -2.45. The minimum atomic E-state index is -0.297. The Morgan fingerprint density at radius 2 is 1.85 bits per heavy atom. The average Bonchev–Trinajstić information content (AvgIpc) is 2.49. The third-order valence-corrected chi connectivity index (χ3v) is 3.76. The fourth-order valence-corrected chi connectivity index (χ4v) is 2.48. The van der Waals surface area contributed by atoms with E-state index in [0.717, 1.165) is 43.2 Å². The molecule has 1 aromatic rings. The highest BCUT2D eigenvalue weighted by atomic mass is 16.5. The number of piperazine rings is 1. The van der Waals surface area contributed by atoms with E-state index in [1.807, 2.05) is 18.2 Å². The van der Waals surface area contributed by atoms with Crippen LogP contribution in [0.5, 0.6) is 11.5 Å². The molecule has 0 N–H and O–H groups in total. The van der Waals surface area contributed by atoms with Gasteiger partial charge in [0.2, 0.25) is 0 Å². The Morgan fingerprint density at radius 1 is 1.15 bits per heavy atom. The normalized spacial score (nSPS) is 18.3. The van der Waals surface area contributed by atoms with Crippen LogP contribution in [-0.4, -0.2) is 57.2 Å². The van der Waals surface area contributed by atoms with Gasteiger partial charge in [-0.05, 0) is 25.2 Å². The van der Waals surface area contributed by atoms with E-state index < -0.39 is 0 Å². The summed E-state index contributed by atoms with van der Waals surface area (Å²) in [5.74, 6) is 1.48. The van der Waals surface area contributed by atoms with Crippen molar-refractivity contribution in [2.75, 3.05) is 47.4 Å². The lowest BCUT2D eigenvalue weighted by Gasteiger charge is -2.35. The Hall–Kier alpha value is -1.77. The maximum absolute atomic E-state index is 9.58. The van der Waals surface area contributed by atoms with Crippen molar-refractivity contribution in [3.8, 4) is 17.6 Å². The molecule has 1 aromatic carbocycles. The molecule has 108 valence electrons. The highest BCUT2D eigenvalue weighted by Gasteiger charge is 2.26. The van der Waals surface area contributed by atoms with Gasteiger partial charge in [0, 0.05) is 31.7 Å². The third-order valence-electron chi connectivity index (χ3n) is 3.76. The molecule has 0 saturated carbocycles. The molecule has 1 unspecified atom stereocenters. The van der Waals surface area contributed by atoms with E-state index in [-0.39, 0.29) is 6.04 Å². The van der Waals surface area contributed by atoms with E-state index in [1.54, 1.807) is 14.2 Å². The molecule has 1 saturated heterocycles. The summed E-state index contributed by atoms with van der Waals surface area (Å²) in [6.07, 6.45) is 0. The van der Waals surface area contributed by atoms with E-state index in [4.69, 9.17) is 9.47 Å². The molecule has 20 heavy (non-hydrogen) atoms. The van der Waals surface area contributed by atoms with Crippen molar-refractivity contribution in [2.24, 2.45) is 0 Å². The molecule has 2 rings (SSSR count). The fourth-order valence-electron chi connectivity index (χ4n) is 2.48. The summed E-state index contributed by atoms with van der Waals surface area (Å²) in [5, 5.41) is 9.58. The zero-order valence-electron chi connectivity index (χ0n) is 12.3. The quantitative estimate of drug-likeness (QED) is 0.833. The Kier molecular flexibility index (Phi) is 4.83. The van der Waals surface area contributed by atoms with Gasteiger partial charge in [0.15, 0.2) is 0 Å². The Bertz CT molecular complexity index is 490. The van der Waals surface area contributed by atoms with E-state index in [2.05, 4.69) is 22.9 Å². The first-order valence-electron chi connectivity index (χ1n) is 6.73. The summed E-state index contributed by atoms with van der Waals surface area (Å²) in [5.41, 5.74) is 0.874. The molecule has 0 spiro atoms. The maximum Gasteiger partial charge on any atom is 0.127 e. The molecule has 1 atom stereocenters. The second-order valence-corrected chi connectivity index (χ2v) is 4.98. The van der Waals surface area contributed by atoms with E-state index in [1.165, 1.54) is 0 Å². The van der Waals surface area contributed by atoms with Crippen molar-refractivity contribution < 1.29 is 9.47 Å². The molecule has 1 aliphatic heterocycles. The van der Waals surface area contributed by atoms with E-state index in [0.29, 0.717) is 0 Å². The zero-order valence-corrected chi connectivity index (χ0v) is 12.3. The monoisotopic (exact) mass is 275 g/mol. The lowest BCUT2D eigenvalue weighted by atomic mass is 10.0. The smallest absolute Gasteiger partial charge is 0.127 e. The van der Waals surface area contributed by atoms with Crippen LogP contribution in [0.1, 0.15) is 11.6 Å². The van der Waals surface area contributed by atoms with Crippen molar-refractivity contribution in [3.05, 3.63) is 23.8 Å². The van der Waals surface area contributed by atoms with Crippen LogP contribution >= 0.6 is 0 Å². The van der Waals surface area contributed by atoms with Gasteiger partial charge in [0.25, 0.3) is 0 Å². The summed E-state index contributed by atoms with van der Waals surface area (Å²) in [4.78, 5) is 4.46. The van der Waals surface area contributed by atoms with Crippen LogP contribution in [0.25, 0.3) is 0 Å². The minimum Gasteiger partial charge on any atom is -0.497 e. The number of hydrogen-bond acceptors (Lipinski definition) is 5. The molecule has 1 fully saturated rings. The zero-order chi connectivity index (χ0) is 14.5. The van der Waals surface area contributed by atoms with Gasteiger partial charge in [-0.15, -0.1) is 0 Å². The van der Waals surface area contributed by atoms with Gasteiger partial charge in [-0.1, -0.05) is 0 Å². The number of methoxy groups -OCH3 is 2. The van der Waals surface area contributed by atoms with Crippen molar-refractivity contribution in [2.45, 2.75) is 6.04 Å². The summed E-state index contributed by atoms with van der Waals surface area (Å²) in [6.45, 7) is 3.72. The highest BCUT2D eigenvalue weighted by Crippen LogP contribution is 2.32. The fraction of sp³-hybridized carbons (Fsp3) is 0.533. The molecule has 5 nitrogen and oxygen atoms in total. The summed E-state index contributed by atoms with van der Waals surface area (Å²) >= 11 is 0. The number of hydrogen-bond donors (Lipinski definition) is 0.